The first-order chi connectivity index (χ1) is 11.2. The maximum Gasteiger partial charge on any atom is 0.151 e. The Kier molecular flexibility index (Phi) is 3.95. The summed E-state index contributed by atoms with van der Waals surface area (Å²) in [5, 5.41) is 0. The Morgan fingerprint density at radius 1 is 1.26 bits per heavy atom. The Hall–Kier alpha value is -1.66. The Bertz CT molecular complexity index is 813. The summed E-state index contributed by atoms with van der Waals surface area (Å²) >= 11 is 3.57. The van der Waals surface area contributed by atoms with Crippen LogP contribution in [0.4, 0.5) is 0 Å². The van der Waals surface area contributed by atoms with Gasteiger partial charge in [-0.25, -0.2) is 9.97 Å². The van der Waals surface area contributed by atoms with Crippen LogP contribution in [0.25, 0.3) is 5.65 Å². The summed E-state index contributed by atoms with van der Waals surface area (Å²) in [5.74, 6) is 1.81. The highest BCUT2D eigenvalue weighted by Gasteiger charge is 2.23. The van der Waals surface area contributed by atoms with Crippen molar-refractivity contribution in [3.63, 3.8) is 0 Å². The minimum Gasteiger partial charge on any atom is -0.338 e. The van der Waals surface area contributed by atoms with Crippen LogP contribution in [0.2, 0.25) is 0 Å². The molecule has 0 atom stereocenters. The summed E-state index contributed by atoms with van der Waals surface area (Å²) in [7, 11) is 2.09. The summed E-state index contributed by atoms with van der Waals surface area (Å²) in [6, 6.07) is 4.06. The smallest absolute Gasteiger partial charge is 0.151 e. The van der Waals surface area contributed by atoms with E-state index in [1.54, 1.807) is 0 Å². The number of piperidine rings is 1. The van der Waals surface area contributed by atoms with Gasteiger partial charge in [0.05, 0.1) is 10.2 Å². The summed E-state index contributed by atoms with van der Waals surface area (Å²) in [6.07, 6.45) is 10.4. The van der Waals surface area contributed by atoms with Crippen molar-refractivity contribution in [2.45, 2.75) is 25.3 Å². The SMILES string of the molecule is Cn1ccnc1C1CCN(Cc2cn3cccc(Br)c3n2)CC1. The van der Waals surface area contributed by atoms with Crippen molar-refractivity contribution in [3.05, 3.63) is 52.9 Å². The maximum atomic E-state index is 4.75. The quantitative estimate of drug-likeness (QED) is 0.707. The van der Waals surface area contributed by atoms with Gasteiger partial charge in [0, 0.05) is 44.3 Å². The number of hydrogen-bond donors (Lipinski definition) is 0. The molecule has 1 aliphatic rings. The Balaban J connectivity index is 1.42. The van der Waals surface area contributed by atoms with Gasteiger partial charge in [0.1, 0.15) is 5.82 Å². The summed E-state index contributed by atoms with van der Waals surface area (Å²) in [6.45, 7) is 3.13. The van der Waals surface area contributed by atoms with E-state index < -0.39 is 0 Å². The molecule has 0 aliphatic carbocycles. The number of imidazole rings is 2. The van der Waals surface area contributed by atoms with Crippen molar-refractivity contribution in [2.75, 3.05) is 13.1 Å². The largest absolute Gasteiger partial charge is 0.338 e. The third-order valence-electron chi connectivity index (χ3n) is 4.68. The van der Waals surface area contributed by atoms with Gasteiger partial charge in [-0.2, -0.15) is 0 Å². The molecular weight excluding hydrogens is 354 g/mol. The van der Waals surface area contributed by atoms with E-state index in [2.05, 4.69) is 48.0 Å². The number of pyridine rings is 1. The first kappa shape index (κ1) is 14.9. The van der Waals surface area contributed by atoms with Crippen molar-refractivity contribution < 1.29 is 0 Å². The van der Waals surface area contributed by atoms with Crippen molar-refractivity contribution in [1.82, 2.24) is 23.8 Å². The fourth-order valence-electron chi connectivity index (χ4n) is 3.45. The molecule has 4 heterocycles. The van der Waals surface area contributed by atoms with E-state index in [0.29, 0.717) is 5.92 Å². The zero-order valence-corrected chi connectivity index (χ0v) is 14.8. The van der Waals surface area contributed by atoms with Crippen LogP contribution in [0, 0.1) is 0 Å². The number of rotatable bonds is 3. The molecule has 1 aliphatic heterocycles. The molecule has 0 radical (unpaired) electrons. The number of hydrogen-bond acceptors (Lipinski definition) is 3. The lowest BCUT2D eigenvalue weighted by molar-refractivity contribution is 0.199. The molecule has 3 aromatic heterocycles. The van der Waals surface area contributed by atoms with Crippen molar-refractivity contribution in [2.24, 2.45) is 7.05 Å². The van der Waals surface area contributed by atoms with Crippen LogP contribution in [0.3, 0.4) is 0 Å². The monoisotopic (exact) mass is 373 g/mol. The molecule has 23 heavy (non-hydrogen) atoms. The van der Waals surface area contributed by atoms with Crippen molar-refractivity contribution >= 4 is 21.6 Å². The molecule has 0 N–H and O–H groups in total. The van der Waals surface area contributed by atoms with Gasteiger partial charge < -0.3 is 8.97 Å². The van der Waals surface area contributed by atoms with Gasteiger partial charge in [-0.3, -0.25) is 4.90 Å². The van der Waals surface area contributed by atoms with Crippen molar-refractivity contribution in [1.29, 1.82) is 0 Å². The second-order valence-corrected chi connectivity index (χ2v) is 7.12. The summed E-state index contributed by atoms with van der Waals surface area (Å²) < 4.78 is 5.28. The Morgan fingerprint density at radius 2 is 2.09 bits per heavy atom. The molecule has 0 spiro atoms. The third kappa shape index (κ3) is 2.93. The minimum absolute atomic E-state index is 0.585. The lowest BCUT2D eigenvalue weighted by Crippen LogP contribution is -2.33. The number of nitrogens with zero attached hydrogens (tertiary/aromatic N) is 5. The molecule has 5 nitrogen and oxygen atoms in total. The molecule has 1 fully saturated rings. The van der Waals surface area contributed by atoms with Gasteiger partial charge in [0.25, 0.3) is 0 Å². The average Bonchev–Trinajstić information content (AvgIpc) is 3.15. The minimum atomic E-state index is 0.585. The molecule has 1 saturated heterocycles. The van der Waals surface area contributed by atoms with Gasteiger partial charge >= 0.3 is 0 Å². The lowest BCUT2D eigenvalue weighted by Gasteiger charge is -2.31. The highest BCUT2D eigenvalue weighted by atomic mass is 79.9. The molecule has 4 rings (SSSR count). The van der Waals surface area contributed by atoms with Crippen LogP contribution >= 0.6 is 15.9 Å². The highest BCUT2D eigenvalue weighted by Crippen LogP contribution is 2.27. The van der Waals surface area contributed by atoms with Gasteiger partial charge in [0.2, 0.25) is 0 Å². The van der Waals surface area contributed by atoms with Crippen LogP contribution in [0.5, 0.6) is 0 Å². The predicted molar refractivity (Wildman–Crippen MR) is 93.4 cm³/mol. The van der Waals surface area contributed by atoms with E-state index in [1.807, 2.05) is 30.7 Å². The summed E-state index contributed by atoms with van der Waals surface area (Å²) in [5.41, 5.74) is 2.12. The standard InChI is InChI=1S/C17H20BrN5/c1-21-10-6-19-16(21)13-4-8-22(9-5-13)11-14-12-23-7-2-3-15(18)17(23)20-14/h2-3,6-7,10,12-13H,4-5,8-9,11H2,1H3. The van der Waals surface area contributed by atoms with Gasteiger partial charge in [-0.15, -0.1) is 0 Å². The van der Waals surface area contributed by atoms with Gasteiger partial charge in [-0.1, -0.05) is 0 Å². The zero-order chi connectivity index (χ0) is 15.8. The second-order valence-electron chi connectivity index (χ2n) is 6.27. The Labute approximate surface area is 144 Å². The van der Waals surface area contributed by atoms with E-state index in [9.17, 15) is 0 Å². The highest BCUT2D eigenvalue weighted by molar-refractivity contribution is 9.10. The summed E-state index contributed by atoms with van der Waals surface area (Å²) in [4.78, 5) is 11.8. The van der Waals surface area contributed by atoms with Crippen LogP contribution in [0.1, 0.15) is 30.3 Å². The number of likely N-dealkylation sites (tertiary alicyclic amines) is 1. The second kappa shape index (κ2) is 6.09. The fraction of sp³-hybridized carbons (Fsp3) is 0.412. The van der Waals surface area contributed by atoms with Gasteiger partial charge in [-0.05, 0) is 54.0 Å². The van der Waals surface area contributed by atoms with Gasteiger partial charge in [0.15, 0.2) is 5.65 Å². The van der Waals surface area contributed by atoms with E-state index in [0.717, 1.165) is 35.4 Å². The number of fused-ring (bicyclic) bond motifs is 1. The molecule has 0 saturated carbocycles. The van der Waals surface area contributed by atoms with Crippen LogP contribution < -0.4 is 0 Å². The third-order valence-corrected chi connectivity index (χ3v) is 5.30. The zero-order valence-electron chi connectivity index (χ0n) is 13.2. The first-order valence-electron chi connectivity index (χ1n) is 8.02. The molecule has 0 unspecified atom stereocenters. The number of halogens is 1. The molecule has 6 heteroatoms. The van der Waals surface area contributed by atoms with E-state index in [1.165, 1.54) is 18.7 Å². The normalized spacial score (nSPS) is 17.1. The van der Waals surface area contributed by atoms with E-state index in [-0.39, 0.29) is 0 Å². The molecule has 0 aromatic carbocycles. The molecule has 0 amide bonds. The predicted octanol–water partition coefficient (Wildman–Crippen LogP) is 3.21. The molecule has 3 aromatic rings. The number of aryl methyl sites for hydroxylation is 1. The van der Waals surface area contributed by atoms with E-state index in [4.69, 9.17) is 4.98 Å². The number of aromatic nitrogens is 4. The van der Waals surface area contributed by atoms with Crippen LogP contribution in [0.15, 0.2) is 41.4 Å². The average molecular weight is 374 g/mol. The van der Waals surface area contributed by atoms with E-state index >= 15 is 0 Å². The molecular formula is C17H20BrN5. The van der Waals surface area contributed by atoms with Crippen LogP contribution in [-0.2, 0) is 13.6 Å². The molecule has 0 bridgehead atoms. The van der Waals surface area contributed by atoms with Crippen LogP contribution in [-0.4, -0.2) is 36.9 Å². The first-order valence-corrected chi connectivity index (χ1v) is 8.81. The topological polar surface area (TPSA) is 38.4 Å². The van der Waals surface area contributed by atoms with Crippen molar-refractivity contribution in [3.8, 4) is 0 Å². The maximum absolute atomic E-state index is 4.75. The Morgan fingerprint density at radius 3 is 2.78 bits per heavy atom. The lowest BCUT2D eigenvalue weighted by atomic mass is 9.96. The molecule has 120 valence electrons. The fourth-order valence-corrected chi connectivity index (χ4v) is 3.90.